The molecule has 1 unspecified atom stereocenters. The summed E-state index contributed by atoms with van der Waals surface area (Å²) in [6.45, 7) is 4.90. The highest BCUT2D eigenvalue weighted by molar-refractivity contribution is 5.95. The highest BCUT2D eigenvalue weighted by atomic mass is 19.1. The van der Waals surface area contributed by atoms with E-state index >= 15 is 0 Å². The van der Waals surface area contributed by atoms with E-state index in [1.807, 2.05) is 6.92 Å². The summed E-state index contributed by atoms with van der Waals surface area (Å²) in [6.07, 6.45) is 3.46. The van der Waals surface area contributed by atoms with Crippen LogP contribution in [0.15, 0.2) is 29.1 Å². The lowest BCUT2D eigenvalue weighted by Crippen LogP contribution is -2.40. The van der Waals surface area contributed by atoms with E-state index in [1.165, 1.54) is 18.5 Å². The number of nitrogens with one attached hydrogen (secondary N) is 1. The minimum absolute atomic E-state index is 0.220. The molecule has 3 rings (SSSR count). The van der Waals surface area contributed by atoms with Crippen molar-refractivity contribution in [2.45, 2.75) is 26.3 Å². The molecule has 0 spiro atoms. The molecule has 6 nitrogen and oxygen atoms in total. The number of hydrogen-bond acceptors (Lipinski definition) is 5. The topological polar surface area (TPSA) is 71.3 Å². The van der Waals surface area contributed by atoms with E-state index in [4.69, 9.17) is 4.52 Å². The third-order valence-corrected chi connectivity index (χ3v) is 4.37. The first kappa shape index (κ1) is 16.6. The lowest BCUT2D eigenvalue weighted by Gasteiger charge is -2.31. The third-order valence-electron chi connectivity index (χ3n) is 4.37. The van der Waals surface area contributed by atoms with Crippen LogP contribution >= 0.6 is 0 Å². The molecule has 0 saturated carbocycles. The van der Waals surface area contributed by atoms with Crippen LogP contribution in [0.5, 0.6) is 0 Å². The van der Waals surface area contributed by atoms with Gasteiger partial charge in [-0.1, -0.05) is 11.2 Å². The number of piperidine rings is 1. The number of amides is 1. The van der Waals surface area contributed by atoms with Crippen LogP contribution in [0.1, 0.15) is 34.6 Å². The second-order valence-corrected chi connectivity index (χ2v) is 6.26. The quantitative estimate of drug-likeness (QED) is 0.908. The first-order valence-electron chi connectivity index (χ1n) is 8.14. The first-order valence-corrected chi connectivity index (χ1v) is 8.14. The molecule has 0 aliphatic carbocycles. The van der Waals surface area contributed by atoms with Crippen molar-refractivity contribution in [2.75, 3.05) is 19.6 Å². The fraction of sp³-hybridized carbons (Fsp3) is 0.471. The molecule has 1 aliphatic heterocycles. The standard InChI is InChI=1S/C17H21FN4O2/c1-12-4-5-14(18)7-15(12)17(23)19-8-13-3-2-6-22(9-13)10-16-20-11-24-21-16/h4-5,7,11,13H,2-3,6,8-10H2,1H3,(H,19,23). The molecule has 1 aromatic carbocycles. The van der Waals surface area contributed by atoms with Crippen LogP contribution in [0.25, 0.3) is 0 Å². The fourth-order valence-electron chi connectivity index (χ4n) is 3.09. The van der Waals surface area contributed by atoms with Crippen LogP contribution < -0.4 is 5.32 Å². The molecular weight excluding hydrogens is 311 g/mol. The van der Waals surface area contributed by atoms with Crippen LogP contribution in [0.4, 0.5) is 4.39 Å². The van der Waals surface area contributed by atoms with Gasteiger partial charge in [-0.15, -0.1) is 0 Å². The Morgan fingerprint density at radius 2 is 2.38 bits per heavy atom. The number of rotatable bonds is 5. The predicted octanol–water partition coefficient (Wildman–Crippen LogP) is 2.16. The predicted molar refractivity (Wildman–Crippen MR) is 85.8 cm³/mol. The summed E-state index contributed by atoms with van der Waals surface area (Å²) >= 11 is 0. The first-order chi connectivity index (χ1) is 11.6. The molecule has 1 saturated heterocycles. The smallest absolute Gasteiger partial charge is 0.251 e. The zero-order valence-corrected chi connectivity index (χ0v) is 13.7. The van der Waals surface area contributed by atoms with Crippen LogP contribution in [0.2, 0.25) is 0 Å². The highest BCUT2D eigenvalue weighted by Gasteiger charge is 2.22. The molecule has 24 heavy (non-hydrogen) atoms. The Hall–Kier alpha value is -2.28. The van der Waals surface area contributed by atoms with Gasteiger partial charge in [0.2, 0.25) is 6.39 Å². The van der Waals surface area contributed by atoms with E-state index in [-0.39, 0.29) is 5.91 Å². The summed E-state index contributed by atoms with van der Waals surface area (Å²) in [5.41, 5.74) is 1.17. The van der Waals surface area contributed by atoms with Gasteiger partial charge in [0.15, 0.2) is 5.82 Å². The van der Waals surface area contributed by atoms with Gasteiger partial charge in [0, 0.05) is 18.7 Å². The maximum absolute atomic E-state index is 13.3. The number of aromatic nitrogens is 2. The Balaban J connectivity index is 1.52. The minimum atomic E-state index is -0.394. The Kier molecular flexibility index (Phi) is 5.20. The van der Waals surface area contributed by atoms with Gasteiger partial charge in [0.25, 0.3) is 5.91 Å². The molecule has 1 N–H and O–H groups in total. The van der Waals surface area contributed by atoms with E-state index in [0.29, 0.717) is 30.4 Å². The van der Waals surface area contributed by atoms with Crippen LogP contribution in [-0.4, -0.2) is 40.6 Å². The van der Waals surface area contributed by atoms with E-state index in [9.17, 15) is 9.18 Å². The Morgan fingerprint density at radius 1 is 1.50 bits per heavy atom. The number of nitrogens with zero attached hydrogens (tertiary/aromatic N) is 3. The average Bonchev–Trinajstić information content (AvgIpc) is 3.08. The van der Waals surface area contributed by atoms with Gasteiger partial charge >= 0.3 is 0 Å². The van der Waals surface area contributed by atoms with Gasteiger partial charge in [-0.25, -0.2) is 4.39 Å². The summed E-state index contributed by atoms with van der Waals surface area (Å²) in [5.74, 6) is 0.426. The third kappa shape index (κ3) is 4.17. The number of likely N-dealkylation sites (tertiary alicyclic amines) is 1. The summed E-state index contributed by atoms with van der Waals surface area (Å²) < 4.78 is 18.1. The van der Waals surface area contributed by atoms with Crippen molar-refractivity contribution in [3.05, 3.63) is 47.4 Å². The number of aryl methyl sites for hydroxylation is 1. The monoisotopic (exact) mass is 332 g/mol. The number of halogens is 1. The zero-order valence-electron chi connectivity index (χ0n) is 13.7. The molecular formula is C17H21FN4O2. The Labute approximate surface area is 140 Å². The molecule has 0 radical (unpaired) electrons. The molecule has 0 bridgehead atoms. The molecule has 128 valence electrons. The van der Waals surface area contributed by atoms with Crippen molar-refractivity contribution in [2.24, 2.45) is 5.92 Å². The lowest BCUT2D eigenvalue weighted by molar-refractivity contribution is 0.0928. The summed E-state index contributed by atoms with van der Waals surface area (Å²) in [6, 6.07) is 4.27. The number of hydrogen-bond donors (Lipinski definition) is 1. The molecule has 7 heteroatoms. The van der Waals surface area contributed by atoms with Gasteiger partial charge in [-0.3, -0.25) is 9.69 Å². The van der Waals surface area contributed by atoms with Crippen molar-refractivity contribution in [1.82, 2.24) is 20.4 Å². The van der Waals surface area contributed by atoms with Crippen molar-refractivity contribution < 1.29 is 13.7 Å². The van der Waals surface area contributed by atoms with Crippen molar-refractivity contribution >= 4 is 5.91 Å². The lowest BCUT2D eigenvalue weighted by atomic mass is 9.97. The highest BCUT2D eigenvalue weighted by Crippen LogP contribution is 2.17. The summed E-state index contributed by atoms with van der Waals surface area (Å²) in [4.78, 5) is 18.6. The van der Waals surface area contributed by atoms with E-state index in [0.717, 1.165) is 31.5 Å². The molecule has 1 aliphatic rings. The van der Waals surface area contributed by atoms with Crippen molar-refractivity contribution in [3.63, 3.8) is 0 Å². The number of benzene rings is 1. The minimum Gasteiger partial charge on any atom is -0.352 e. The van der Waals surface area contributed by atoms with Crippen LogP contribution in [0.3, 0.4) is 0 Å². The normalized spacial score (nSPS) is 18.5. The zero-order chi connectivity index (χ0) is 16.9. The van der Waals surface area contributed by atoms with Gasteiger partial charge in [-0.05, 0) is 49.9 Å². The average molecular weight is 332 g/mol. The Bertz CT molecular complexity index is 690. The molecule has 1 fully saturated rings. The number of carbonyl (C=O) groups is 1. The van der Waals surface area contributed by atoms with E-state index < -0.39 is 5.82 Å². The van der Waals surface area contributed by atoms with E-state index in [1.54, 1.807) is 6.07 Å². The summed E-state index contributed by atoms with van der Waals surface area (Å²) in [7, 11) is 0. The van der Waals surface area contributed by atoms with Gasteiger partial charge in [0.05, 0.1) is 6.54 Å². The second kappa shape index (κ2) is 7.53. The molecule has 2 heterocycles. The van der Waals surface area contributed by atoms with Gasteiger partial charge in [0.1, 0.15) is 5.82 Å². The van der Waals surface area contributed by atoms with Crippen LogP contribution in [-0.2, 0) is 6.54 Å². The largest absolute Gasteiger partial charge is 0.352 e. The van der Waals surface area contributed by atoms with Crippen molar-refractivity contribution in [3.8, 4) is 0 Å². The van der Waals surface area contributed by atoms with Crippen molar-refractivity contribution in [1.29, 1.82) is 0 Å². The molecule has 1 atom stereocenters. The molecule has 2 aromatic rings. The fourth-order valence-corrected chi connectivity index (χ4v) is 3.09. The maximum atomic E-state index is 13.3. The maximum Gasteiger partial charge on any atom is 0.251 e. The van der Waals surface area contributed by atoms with Gasteiger partial charge in [-0.2, -0.15) is 4.98 Å². The number of carbonyl (C=O) groups excluding carboxylic acids is 1. The van der Waals surface area contributed by atoms with Gasteiger partial charge < -0.3 is 9.84 Å². The Morgan fingerprint density at radius 3 is 3.17 bits per heavy atom. The second-order valence-electron chi connectivity index (χ2n) is 6.26. The molecule has 1 aromatic heterocycles. The van der Waals surface area contributed by atoms with E-state index in [2.05, 4.69) is 20.4 Å². The SMILES string of the molecule is Cc1ccc(F)cc1C(=O)NCC1CCCN(Cc2ncon2)C1. The summed E-state index contributed by atoms with van der Waals surface area (Å²) in [5, 5.41) is 6.77. The van der Waals surface area contributed by atoms with Crippen LogP contribution in [0, 0.1) is 18.7 Å². The molecule has 1 amide bonds.